The second-order valence-corrected chi connectivity index (χ2v) is 5.97. The Kier molecular flexibility index (Phi) is 6.04. The van der Waals surface area contributed by atoms with Gasteiger partial charge >= 0.3 is 0 Å². The van der Waals surface area contributed by atoms with Gasteiger partial charge in [-0.05, 0) is 31.4 Å². The highest BCUT2D eigenvalue weighted by Crippen LogP contribution is 2.18. The fourth-order valence-corrected chi connectivity index (χ4v) is 3.01. The highest BCUT2D eigenvalue weighted by Gasteiger charge is 2.08. The number of aryl methyl sites for hydroxylation is 1. The molecule has 2 heteroatoms. The van der Waals surface area contributed by atoms with Gasteiger partial charge in [-0.2, -0.15) is 0 Å². The molecule has 2 rings (SSSR count). The second kappa shape index (κ2) is 8.02. The summed E-state index contributed by atoms with van der Waals surface area (Å²) in [6, 6.07) is 8.06. The molecule has 0 aliphatic carbocycles. The first kappa shape index (κ1) is 15.8. The Bertz CT molecular complexity index is 627. The van der Waals surface area contributed by atoms with E-state index in [0.29, 0.717) is 0 Å². The molecule has 2 aromatic rings. The number of para-hydroxylation sites is 1. The smallest absolute Gasteiger partial charge is 0.251 e. The summed E-state index contributed by atoms with van der Waals surface area (Å²) in [4.78, 5) is 15.2. The van der Waals surface area contributed by atoms with Crippen LogP contribution in [-0.2, 0) is 6.42 Å². The number of hydrogen-bond donors (Lipinski definition) is 1. The van der Waals surface area contributed by atoms with Crippen molar-refractivity contribution in [1.82, 2.24) is 4.98 Å². The third-order valence-corrected chi connectivity index (χ3v) is 4.34. The van der Waals surface area contributed by atoms with E-state index in [-0.39, 0.29) is 5.56 Å². The first-order chi connectivity index (χ1) is 10.2. The van der Waals surface area contributed by atoms with E-state index in [1.165, 1.54) is 43.9 Å². The molecule has 0 radical (unpaired) electrons. The van der Waals surface area contributed by atoms with Crippen LogP contribution in [0.4, 0.5) is 0 Å². The lowest BCUT2D eigenvalue weighted by Crippen LogP contribution is -2.14. The molecule has 1 N–H and O–H groups in total. The van der Waals surface area contributed by atoms with Crippen LogP contribution >= 0.6 is 0 Å². The van der Waals surface area contributed by atoms with E-state index in [1.807, 2.05) is 18.2 Å². The SMILES string of the molecule is CCCCCCCCCc1c(C)c2ccccc2[nH]c1=O. The molecule has 1 aromatic heterocycles. The van der Waals surface area contributed by atoms with Gasteiger partial charge in [0, 0.05) is 16.5 Å². The van der Waals surface area contributed by atoms with E-state index in [4.69, 9.17) is 0 Å². The summed E-state index contributed by atoms with van der Waals surface area (Å²) in [5.74, 6) is 0. The molecule has 0 fully saturated rings. The fraction of sp³-hybridized carbons (Fsp3) is 0.526. The molecule has 0 aliphatic rings. The van der Waals surface area contributed by atoms with Crippen molar-refractivity contribution >= 4 is 10.9 Å². The Morgan fingerprint density at radius 2 is 1.62 bits per heavy atom. The van der Waals surface area contributed by atoms with E-state index in [1.54, 1.807) is 0 Å². The molecule has 0 spiro atoms. The number of unbranched alkanes of at least 4 members (excludes halogenated alkanes) is 6. The minimum atomic E-state index is 0.0946. The number of hydrogen-bond acceptors (Lipinski definition) is 1. The minimum Gasteiger partial charge on any atom is -0.322 e. The maximum Gasteiger partial charge on any atom is 0.251 e. The van der Waals surface area contributed by atoms with Crippen molar-refractivity contribution in [3.05, 3.63) is 45.7 Å². The Labute approximate surface area is 127 Å². The van der Waals surface area contributed by atoms with Crippen LogP contribution in [0.2, 0.25) is 0 Å². The van der Waals surface area contributed by atoms with Crippen molar-refractivity contribution in [1.29, 1.82) is 0 Å². The van der Waals surface area contributed by atoms with Crippen LogP contribution in [0, 0.1) is 6.92 Å². The van der Waals surface area contributed by atoms with Gasteiger partial charge < -0.3 is 4.98 Å². The molecule has 114 valence electrons. The van der Waals surface area contributed by atoms with Gasteiger partial charge in [0.25, 0.3) is 5.56 Å². The monoisotopic (exact) mass is 285 g/mol. The van der Waals surface area contributed by atoms with Crippen molar-refractivity contribution in [3.8, 4) is 0 Å². The third kappa shape index (κ3) is 4.20. The predicted octanol–water partition coefficient (Wildman–Crippen LogP) is 5.13. The summed E-state index contributed by atoms with van der Waals surface area (Å²) in [5, 5.41) is 1.18. The standard InChI is InChI=1S/C19H27NO/c1-3-4-5-6-7-8-9-13-17-15(2)16-12-10-11-14-18(16)20-19(17)21/h10-12,14H,3-9,13H2,1-2H3,(H,20,21). The Morgan fingerprint density at radius 3 is 2.38 bits per heavy atom. The predicted molar refractivity (Wildman–Crippen MR) is 91.0 cm³/mol. The average Bonchev–Trinajstić information content (AvgIpc) is 2.49. The maximum absolute atomic E-state index is 12.2. The highest BCUT2D eigenvalue weighted by atomic mass is 16.1. The maximum atomic E-state index is 12.2. The van der Waals surface area contributed by atoms with E-state index in [2.05, 4.69) is 24.9 Å². The fourth-order valence-electron chi connectivity index (χ4n) is 3.01. The molecule has 0 unspecified atom stereocenters. The summed E-state index contributed by atoms with van der Waals surface area (Å²) in [7, 11) is 0. The zero-order valence-corrected chi connectivity index (χ0v) is 13.4. The zero-order chi connectivity index (χ0) is 15.1. The Morgan fingerprint density at radius 1 is 0.952 bits per heavy atom. The molecular formula is C19H27NO. The van der Waals surface area contributed by atoms with Crippen LogP contribution in [0.25, 0.3) is 10.9 Å². The summed E-state index contributed by atoms with van der Waals surface area (Å²) in [6.07, 6.45) is 9.89. The van der Waals surface area contributed by atoms with E-state index in [0.717, 1.165) is 29.5 Å². The lowest BCUT2D eigenvalue weighted by Gasteiger charge is -2.08. The summed E-state index contributed by atoms with van der Waals surface area (Å²) >= 11 is 0. The molecule has 0 atom stereocenters. The number of aromatic nitrogens is 1. The normalized spacial score (nSPS) is 11.1. The lowest BCUT2D eigenvalue weighted by atomic mass is 9.99. The van der Waals surface area contributed by atoms with Crippen LogP contribution in [-0.4, -0.2) is 4.98 Å². The number of fused-ring (bicyclic) bond motifs is 1. The summed E-state index contributed by atoms with van der Waals surface area (Å²) in [6.45, 7) is 4.32. The Balaban J connectivity index is 1.94. The van der Waals surface area contributed by atoms with Gasteiger partial charge in [-0.25, -0.2) is 0 Å². The van der Waals surface area contributed by atoms with Crippen LogP contribution in [0.15, 0.2) is 29.1 Å². The van der Waals surface area contributed by atoms with Crippen LogP contribution in [0.3, 0.4) is 0 Å². The van der Waals surface area contributed by atoms with Crippen molar-refractivity contribution in [3.63, 3.8) is 0 Å². The van der Waals surface area contributed by atoms with Crippen molar-refractivity contribution < 1.29 is 0 Å². The minimum absolute atomic E-state index is 0.0946. The molecule has 1 aromatic carbocycles. The van der Waals surface area contributed by atoms with E-state index >= 15 is 0 Å². The largest absolute Gasteiger partial charge is 0.322 e. The number of nitrogens with one attached hydrogen (secondary N) is 1. The van der Waals surface area contributed by atoms with Crippen LogP contribution < -0.4 is 5.56 Å². The van der Waals surface area contributed by atoms with Gasteiger partial charge in [-0.15, -0.1) is 0 Å². The van der Waals surface area contributed by atoms with Gasteiger partial charge in [-0.1, -0.05) is 63.6 Å². The van der Waals surface area contributed by atoms with Gasteiger partial charge in [0.2, 0.25) is 0 Å². The highest BCUT2D eigenvalue weighted by molar-refractivity contribution is 5.82. The van der Waals surface area contributed by atoms with Crippen molar-refractivity contribution in [2.75, 3.05) is 0 Å². The molecule has 2 nitrogen and oxygen atoms in total. The lowest BCUT2D eigenvalue weighted by molar-refractivity contribution is 0.588. The topological polar surface area (TPSA) is 32.9 Å². The zero-order valence-electron chi connectivity index (χ0n) is 13.4. The van der Waals surface area contributed by atoms with Crippen molar-refractivity contribution in [2.45, 2.75) is 65.2 Å². The van der Waals surface area contributed by atoms with Crippen LogP contribution in [0.5, 0.6) is 0 Å². The number of aromatic amines is 1. The van der Waals surface area contributed by atoms with E-state index < -0.39 is 0 Å². The first-order valence-electron chi connectivity index (χ1n) is 8.34. The van der Waals surface area contributed by atoms with Gasteiger partial charge in [0.1, 0.15) is 0 Å². The summed E-state index contributed by atoms with van der Waals surface area (Å²) < 4.78 is 0. The summed E-state index contributed by atoms with van der Waals surface area (Å²) in [5.41, 5.74) is 3.17. The number of rotatable bonds is 8. The van der Waals surface area contributed by atoms with Gasteiger partial charge in [0.15, 0.2) is 0 Å². The average molecular weight is 285 g/mol. The third-order valence-electron chi connectivity index (χ3n) is 4.34. The first-order valence-corrected chi connectivity index (χ1v) is 8.34. The van der Waals surface area contributed by atoms with Crippen molar-refractivity contribution in [2.24, 2.45) is 0 Å². The number of pyridine rings is 1. The quantitative estimate of drug-likeness (QED) is 0.670. The molecule has 0 saturated heterocycles. The number of benzene rings is 1. The Hall–Kier alpha value is -1.57. The van der Waals surface area contributed by atoms with Gasteiger partial charge in [0.05, 0.1) is 0 Å². The second-order valence-electron chi connectivity index (χ2n) is 5.97. The molecule has 1 heterocycles. The molecule has 0 amide bonds. The molecule has 0 saturated carbocycles. The van der Waals surface area contributed by atoms with Gasteiger partial charge in [-0.3, -0.25) is 4.79 Å². The van der Waals surface area contributed by atoms with E-state index in [9.17, 15) is 4.79 Å². The molecular weight excluding hydrogens is 258 g/mol. The molecule has 0 bridgehead atoms. The number of H-pyrrole nitrogens is 1. The molecule has 0 aliphatic heterocycles. The van der Waals surface area contributed by atoms with Crippen LogP contribution in [0.1, 0.15) is 63.0 Å². The molecule has 21 heavy (non-hydrogen) atoms.